The van der Waals surface area contributed by atoms with Crippen LogP contribution in [-0.2, 0) is 0 Å². The molecule has 1 amide bonds. The summed E-state index contributed by atoms with van der Waals surface area (Å²) in [5, 5.41) is 7.84. The molecular formula is C41H39N5O. The molecule has 234 valence electrons. The van der Waals surface area contributed by atoms with Crippen molar-refractivity contribution in [3.05, 3.63) is 174 Å². The quantitative estimate of drug-likeness (QED) is 0.164. The van der Waals surface area contributed by atoms with Crippen LogP contribution in [-0.4, -0.2) is 59.9 Å². The third kappa shape index (κ3) is 6.88. The number of amides is 1. The predicted molar refractivity (Wildman–Crippen MR) is 190 cm³/mol. The number of carbonyl (C=O) groups is 1. The largest absolute Gasteiger partial charge is 0.369 e. The van der Waals surface area contributed by atoms with E-state index >= 15 is 0 Å². The molecule has 1 aliphatic rings. The zero-order chi connectivity index (χ0) is 31.8. The summed E-state index contributed by atoms with van der Waals surface area (Å²) in [4.78, 5) is 18.2. The van der Waals surface area contributed by atoms with E-state index in [-0.39, 0.29) is 11.8 Å². The van der Waals surface area contributed by atoms with E-state index in [1.807, 2.05) is 71.4 Å². The van der Waals surface area contributed by atoms with Crippen LogP contribution in [0.4, 0.5) is 5.69 Å². The van der Waals surface area contributed by atoms with Crippen LogP contribution in [0, 0.1) is 0 Å². The van der Waals surface area contributed by atoms with Gasteiger partial charge in [-0.05, 0) is 41.0 Å². The Morgan fingerprint density at radius 3 is 1.85 bits per heavy atom. The molecule has 2 heterocycles. The van der Waals surface area contributed by atoms with Gasteiger partial charge in [0, 0.05) is 56.4 Å². The van der Waals surface area contributed by atoms with Crippen LogP contribution >= 0.6 is 0 Å². The van der Waals surface area contributed by atoms with E-state index in [0.717, 1.165) is 49.7 Å². The molecule has 6 heteroatoms. The van der Waals surface area contributed by atoms with Crippen LogP contribution < -0.4 is 10.2 Å². The van der Waals surface area contributed by atoms with Crippen molar-refractivity contribution in [2.24, 2.45) is 0 Å². The van der Waals surface area contributed by atoms with E-state index in [1.54, 1.807) is 0 Å². The maximum Gasteiger partial charge on any atom is 0.271 e. The lowest BCUT2D eigenvalue weighted by molar-refractivity contribution is 0.0942. The molecule has 1 aliphatic heterocycles. The minimum absolute atomic E-state index is 0.155. The fourth-order valence-corrected chi connectivity index (χ4v) is 6.57. The number of para-hydroxylation sites is 2. The van der Waals surface area contributed by atoms with E-state index < -0.39 is 0 Å². The molecule has 0 spiro atoms. The molecule has 6 aromatic rings. The van der Waals surface area contributed by atoms with Gasteiger partial charge < -0.3 is 10.2 Å². The van der Waals surface area contributed by atoms with Crippen molar-refractivity contribution >= 4 is 11.6 Å². The number of hydrogen-bond donors (Lipinski definition) is 1. The lowest BCUT2D eigenvalue weighted by Crippen LogP contribution is -2.48. The summed E-state index contributed by atoms with van der Waals surface area (Å²) in [6.45, 7) is 5.10. The second-order valence-corrected chi connectivity index (χ2v) is 11.9. The van der Waals surface area contributed by atoms with Gasteiger partial charge in [-0.3, -0.25) is 9.69 Å². The number of nitrogens with one attached hydrogen (secondary N) is 1. The van der Waals surface area contributed by atoms with Crippen molar-refractivity contribution < 1.29 is 4.79 Å². The topological polar surface area (TPSA) is 53.4 Å². The van der Waals surface area contributed by atoms with Gasteiger partial charge in [0.1, 0.15) is 0 Å². The molecule has 1 fully saturated rings. The van der Waals surface area contributed by atoms with Gasteiger partial charge in [0.15, 0.2) is 5.69 Å². The molecule has 5 aromatic carbocycles. The molecule has 1 aromatic heterocycles. The first-order valence-corrected chi connectivity index (χ1v) is 16.4. The standard InChI is InChI=1S/C41H39N5O/c47-41(37-31-39(32-15-5-1-6-16-32)46(43-37)35-21-11-4-12-22-35)42-25-26-44-27-29-45(30-28-44)38-24-14-13-23-36(38)40(33-17-7-2-8-18-33)34-19-9-3-10-20-34/h1-24,31,40H,25-30H2,(H,42,47). The van der Waals surface area contributed by atoms with Crippen LogP contribution in [0.25, 0.3) is 16.9 Å². The first-order valence-electron chi connectivity index (χ1n) is 16.4. The van der Waals surface area contributed by atoms with Crippen molar-refractivity contribution in [2.45, 2.75) is 5.92 Å². The maximum atomic E-state index is 13.3. The van der Waals surface area contributed by atoms with Gasteiger partial charge in [-0.1, -0.05) is 127 Å². The monoisotopic (exact) mass is 617 g/mol. The Morgan fingerprint density at radius 2 is 1.21 bits per heavy atom. The second-order valence-electron chi connectivity index (χ2n) is 11.9. The number of aromatic nitrogens is 2. The smallest absolute Gasteiger partial charge is 0.271 e. The minimum atomic E-state index is -0.155. The van der Waals surface area contributed by atoms with Gasteiger partial charge in [-0.2, -0.15) is 5.10 Å². The summed E-state index contributed by atoms with van der Waals surface area (Å²) in [7, 11) is 0. The fraction of sp³-hybridized carbons (Fsp3) is 0.171. The highest BCUT2D eigenvalue weighted by Crippen LogP contribution is 2.37. The molecule has 0 aliphatic carbocycles. The summed E-state index contributed by atoms with van der Waals surface area (Å²) >= 11 is 0. The summed E-state index contributed by atoms with van der Waals surface area (Å²) in [6.07, 6.45) is 0. The van der Waals surface area contributed by atoms with Crippen LogP contribution in [0.3, 0.4) is 0 Å². The van der Waals surface area contributed by atoms with E-state index in [0.29, 0.717) is 12.2 Å². The van der Waals surface area contributed by atoms with Crippen LogP contribution in [0.5, 0.6) is 0 Å². The zero-order valence-corrected chi connectivity index (χ0v) is 26.5. The maximum absolute atomic E-state index is 13.3. The van der Waals surface area contributed by atoms with Gasteiger partial charge in [0.25, 0.3) is 5.91 Å². The highest BCUT2D eigenvalue weighted by atomic mass is 16.1. The molecule has 0 radical (unpaired) electrons. The van der Waals surface area contributed by atoms with Crippen molar-refractivity contribution in [3.8, 4) is 16.9 Å². The van der Waals surface area contributed by atoms with E-state index in [4.69, 9.17) is 5.10 Å². The number of nitrogens with zero attached hydrogens (tertiary/aromatic N) is 4. The highest BCUT2D eigenvalue weighted by molar-refractivity contribution is 5.93. The van der Waals surface area contributed by atoms with Crippen molar-refractivity contribution in [1.29, 1.82) is 0 Å². The molecule has 0 saturated carbocycles. The third-order valence-electron chi connectivity index (χ3n) is 8.95. The molecule has 1 N–H and O–H groups in total. The summed E-state index contributed by atoms with van der Waals surface area (Å²) in [5.74, 6) is 0.00639. The first-order chi connectivity index (χ1) is 23.2. The summed E-state index contributed by atoms with van der Waals surface area (Å²) in [5.41, 5.74) is 8.46. The van der Waals surface area contributed by atoms with Gasteiger partial charge >= 0.3 is 0 Å². The zero-order valence-electron chi connectivity index (χ0n) is 26.5. The minimum Gasteiger partial charge on any atom is -0.369 e. The van der Waals surface area contributed by atoms with Crippen LogP contribution in [0.1, 0.15) is 33.1 Å². The third-order valence-corrected chi connectivity index (χ3v) is 8.95. The van der Waals surface area contributed by atoms with Gasteiger partial charge in [0.05, 0.1) is 11.4 Å². The number of carbonyl (C=O) groups excluding carboxylic acids is 1. The van der Waals surface area contributed by atoms with Crippen molar-refractivity contribution in [2.75, 3.05) is 44.2 Å². The van der Waals surface area contributed by atoms with Crippen LogP contribution in [0.15, 0.2) is 152 Å². The Balaban J connectivity index is 0.998. The first kappa shape index (κ1) is 30.2. The Hall–Kier alpha value is -5.46. The Kier molecular flexibility index (Phi) is 9.20. The van der Waals surface area contributed by atoms with E-state index in [2.05, 4.69) is 100 Å². The molecular weight excluding hydrogens is 578 g/mol. The number of rotatable bonds is 10. The Labute approximate surface area is 276 Å². The number of hydrogen-bond acceptors (Lipinski definition) is 4. The lowest BCUT2D eigenvalue weighted by Gasteiger charge is -2.38. The average Bonchev–Trinajstić information content (AvgIpc) is 3.60. The van der Waals surface area contributed by atoms with Gasteiger partial charge in [-0.25, -0.2) is 4.68 Å². The Morgan fingerprint density at radius 1 is 0.660 bits per heavy atom. The average molecular weight is 618 g/mol. The number of benzene rings is 5. The molecule has 0 bridgehead atoms. The summed E-state index contributed by atoms with van der Waals surface area (Å²) in [6, 6.07) is 52.4. The van der Waals surface area contributed by atoms with Crippen molar-refractivity contribution in [3.63, 3.8) is 0 Å². The Bertz CT molecular complexity index is 1790. The number of piperazine rings is 1. The SMILES string of the molecule is O=C(NCCN1CCN(c2ccccc2C(c2ccccc2)c2ccccc2)CC1)c1cc(-c2ccccc2)n(-c2ccccc2)n1. The van der Waals surface area contributed by atoms with Crippen molar-refractivity contribution in [1.82, 2.24) is 20.0 Å². The predicted octanol–water partition coefficient (Wildman–Crippen LogP) is 7.27. The van der Waals surface area contributed by atoms with Gasteiger partial charge in [0.2, 0.25) is 0 Å². The van der Waals surface area contributed by atoms with Crippen LogP contribution in [0.2, 0.25) is 0 Å². The molecule has 6 nitrogen and oxygen atoms in total. The normalized spacial score (nSPS) is 13.5. The highest BCUT2D eigenvalue weighted by Gasteiger charge is 2.25. The number of anilines is 1. The lowest BCUT2D eigenvalue weighted by atomic mass is 9.84. The molecule has 0 unspecified atom stereocenters. The summed E-state index contributed by atoms with van der Waals surface area (Å²) < 4.78 is 1.85. The second kappa shape index (κ2) is 14.3. The molecule has 7 rings (SSSR count). The molecule has 0 atom stereocenters. The fourth-order valence-electron chi connectivity index (χ4n) is 6.57. The molecule has 1 saturated heterocycles. The molecule has 47 heavy (non-hydrogen) atoms. The van der Waals surface area contributed by atoms with Gasteiger partial charge in [-0.15, -0.1) is 0 Å². The van der Waals surface area contributed by atoms with E-state index in [9.17, 15) is 4.79 Å². The van der Waals surface area contributed by atoms with E-state index in [1.165, 1.54) is 22.4 Å².